The van der Waals surface area contributed by atoms with E-state index in [9.17, 15) is 4.79 Å². The molecule has 2 aromatic rings. The van der Waals surface area contributed by atoms with Gasteiger partial charge in [-0.15, -0.1) is 0 Å². The molecule has 0 spiro atoms. The number of pyridine rings is 1. The molecule has 0 bridgehead atoms. The molecule has 0 unspecified atom stereocenters. The number of imidazole rings is 1. The normalized spacial score (nSPS) is 9.82. The second kappa shape index (κ2) is 3.94. The molecule has 0 saturated heterocycles. The summed E-state index contributed by atoms with van der Waals surface area (Å²) in [5.74, 6) is -0.272. The summed E-state index contributed by atoms with van der Waals surface area (Å²) in [6, 6.07) is 4.81. The summed E-state index contributed by atoms with van der Waals surface area (Å²) in [7, 11) is 0. The third kappa shape index (κ3) is 1.79. The van der Waals surface area contributed by atoms with Crippen molar-refractivity contribution in [3.8, 4) is 11.9 Å². The van der Waals surface area contributed by atoms with Crippen molar-refractivity contribution >= 4 is 11.6 Å². The fourth-order valence-corrected chi connectivity index (χ4v) is 1.35. The maximum absolute atomic E-state index is 11.0. The van der Waals surface area contributed by atoms with Gasteiger partial charge in [0.05, 0.1) is 5.69 Å². The first-order valence-corrected chi connectivity index (χ1v) is 4.63. The lowest BCUT2D eigenvalue weighted by Crippen LogP contribution is -2.15. The molecule has 7 heteroatoms. The van der Waals surface area contributed by atoms with Gasteiger partial charge in [-0.2, -0.15) is 5.26 Å². The van der Waals surface area contributed by atoms with E-state index in [0.717, 1.165) is 0 Å². The van der Waals surface area contributed by atoms with Gasteiger partial charge in [0.25, 0.3) is 5.91 Å². The largest absolute Gasteiger partial charge is 0.396 e. The summed E-state index contributed by atoms with van der Waals surface area (Å²) in [5.41, 5.74) is 11.3. The van der Waals surface area contributed by atoms with E-state index >= 15 is 0 Å². The minimum Gasteiger partial charge on any atom is -0.396 e. The second-order valence-corrected chi connectivity index (χ2v) is 3.21. The zero-order valence-electron chi connectivity index (χ0n) is 8.66. The monoisotopic (exact) mass is 228 g/mol. The number of nitrogen functional groups attached to an aromatic ring is 1. The van der Waals surface area contributed by atoms with Crippen LogP contribution in [0.3, 0.4) is 0 Å². The smallest absolute Gasteiger partial charge is 0.267 e. The summed E-state index contributed by atoms with van der Waals surface area (Å²) in [4.78, 5) is 18.8. The Kier molecular flexibility index (Phi) is 2.46. The first kappa shape index (κ1) is 10.6. The Morgan fingerprint density at radius 2 is 2.24 bits per heavy atom. The summed E-state index contributed by atoms with van der Waals surface area (Å²) < 4.78 is 1.39. The first-order valence-electron chi connectivity index (χ1n) is 4.63. The maximum atomic E-state index is 11.0. The lowest BCUT2D eigenvalue weighted by molar-refractivity contribution is 0.0995. The van der Waals surface area contributed by atoms with Crippen molar-refractivity contribution in [2.45, 2.75) is 0 Å². The van der Waals surface area contributed by atoms with Gasteiger partial charge >= 0.3 is 0 Å². The van der Waals surface area contributed by atoms with Crippen LogP contribution >= 0.6 is 0 Å². The molecule has 0 radical (unpaired) electrons. The van der Waals surface area contributed by atoms with Gasteiger partial charge in [-0.25, -0.2) is 9.97 Å². The molecule has 1 amide bonds. The number of rotatable bonds is 2. The highest BCUT2D eigenvalue weighted by molar-refractivity contribution is 5.91. The molecule has 4 N–H and O–H groups in total. The summed E-state index contributed by atoms with van der Waals surface area (Å²) >= 11 is 0. The number of hydrogen-bond donors (Lipinski definition) is 2. The van der Waals surface area contributed by atoms with Crippen molar-refractivity contribution in [2.24, 2.45) is 5.73 Å². The van der Waals surface area contributed by atoms with Crippen LogP contribution in [-0.2, 0) is 0 Å². The molecule has 2 heterocycles. The molecule has 2 aromatic heterocycles. The van der Waals surface area contributed by atoms with Gasteiger partial charge in [-0.05, 0) is 12.1 Å². The Morgan fingerprint density at radius 1 is 1.47 bits per heavy atom. The standard InChI is InChI=1S/C10H8N6O/c11-5-8-14-3-4-16(8)10-6(12)1-2-7(15-10)9(13)17/h1-4H,12H2,(H2,13,17). The predicted molar refractivity (Wildman–Crippen MR) is 59.0 cm³/mol. The quantitative estimate of drug-likeness (QED) is 0.737. The zero-order valence-corrected chi connectivity index (χ0v) is 8.66. The molecule has 17 heavy (non-hydrogen) atoms. The molecule has 0 fully saturated rings. The SMILES string of the molecule is N#Cc1nccn1-c1nc(C(N)=O)ccc1N. The van der Waals surface area contributed by atoms with Crippen molar-refractivity contribution < 1.29 is 4.79 Å². The van der Waals surface area contributed by atoms with Crippen molar-refractivity contribution in [3.05, 3.63) is 36.0 Å². The van der Waals surface area contributed by atoms with E-state index in [4.69, 9.17) is 16.7 Å². The molecule has 0 aliphatic rings. The Morgan fingerprint density at radius 3 is 2.88 bits per heavy atom. The molecular weight excluding hydrogens is 220 g/mol. The van der Waals surface area contributed by atoms with E-state index in [1.54, 1.807) is 0 Å². The number of aromatic nitrogens is 3. The van der Waals surface area contributed by atoms with Crippen LogP contribution in [-0.4, -0.2) is 20.4 Å². The van der Waals surface area contributed by atoms with Crippen LogP contribution < -0.4 is 11.5 Å². The summed E-state index contributed by atoms with van der Waals surface area (Å²) in [6.07, 6.45) is 2.97. The molecule has 0 aliphatic carbocycles. The minimum absolute atomic E-state index is 0.0757. The van der Waals surface area contributed by atoms with Crippen LogP contribution in [0.2, 0.25) is 0 Å². The van der Waals surface area contributed by atoms with E-state index in [1.807, 2.05) is 6.07 Å². The van der Waals surface area contributed by atoms with Crippen molar-refractivity contribution in [2.75, 3.05) is 5.73 Å². The zero-order chi connectivity index (χ0) is 12.4. The Hall–Kier alpha value is -2.88. The molecule has 0 aliphatic heterocycles. The number of carbonyl (C=O) groups excluding carboxylic acids is 1. The van der Waals surface area contributed by atoms with E-state index in [2.05, 4.69) is 9.97 Å². The van der Waals surface area contributed by atoms with Crippen LogP contribution in [0.25, 0.3) is 5.82 Å². The van der Waals surface area contributed by atoms with Gasteiger partial charge in [0.1, 0.15) is 11.8 Å². The second-order valence-electron chi connectivity index (χ2n) is 3.21. The minimum atomic E-state index is -0.662. The van der Waals surface area contributed by atoms with Crippen LogP contribution in [0.1, 0.15) is 16.3 Å². The van der Waals surface area contributed by atoms with Crippen LogP contribution in [0.5, 0.6) is 0 Å². The van der Waals surface area contributed by atoms with Crippen LogP contribution in [0.4, 0.5) is 5.69 Å². The number of nitrogens with zero attached hydrogens (tertiary/aromatic N) is 4. The van der Waals surface area contributed by atoms with E-state index in [1.165, 1.54) is 29.1 Å². The Bertz CT molecular complexity index is 624. The maximum Gasteiger partial charge on any atom is 0.267 e. The van der Waals surface area contributed by atoms with E-state index < -0.39 is 5.91 Å². The molecule has 0 saturated carbocycles. The van der Waals surface area contributed by atoms with E-state index in [0.29, 0.717) is 5.69 Å². The predicted octanol–water partition coefficient (Wildman–Crippen LogP) is -0.180. The fourth-order valence-electron chi connectivity index (χ4n) is 1.35. The van der Waals surface area contributed by atoms with Crippen molar-refractivity contribution in [3.63, 3.8) is 0 Å². The van der Waals surface area contributed by atoms with Crippen LogP contribution in [0, 0.1) is 11.3 Å². The number of anilines is 1. The number of nitrogens with two attached hydrogens (primary N) is 2. The molecule has 84 valence electrons. The van der Waals surface area contributed by atoms with Gasteiger partial charge in [-0.1, -0.05) is 0 Å². The third-order valence-electron chi connectivity index (χ3n) is 2.13. The molecule has 2 rings (SSSR count). The first-order chi connectivity index (χ1) is 8.13. The average Bonchev–Trinajstić information content (AvgIpc) is 2.77. The molecule has 0 atom stereocenters. The van der Waals surface area contributed by atoms with Gasteiger partial charge in [-0.3, -0.25) is 9.36 Å². The highest BCUT2D eigenvalue weighted by Crippen LogP contribution is 2.16. The van der Waals surface area contributed by atoms with Gasteiger partial charge in [0.2, 0.25) is 5.82 Å². The molecule has 0 aromatic carbocycles. The topological polar surface area (TPSA) is 124 Å². The lowest BCUT2D eigenvalue weighted by atomic mass is 10.3. The number of hydrogen-bond acceptors (Lipinski definition) is 5. The van der Waals surface area contributed by atoms with Gasteiger partial charge in [0.15, 0.2) is 5.82 Å². The molecular formula is C10H8N6O. The summed E-state index contributed by atoms with van der Waals surface area (Å²) in [6.45, 7) is 0. The number of primary amides is 1. The lowest BCUT2D eigenvalue weighted by Gasteiger charge is -2.07. The average molecular weight is 228 g/mol. The third-order valence-corrected chi connectivity index (χ3v) is 2.13. The van der Waals surface area contributed by atoms with Crippen molar-refractivity contribution in [1.82, 2.24) is 14.5 Å². The molecule has 7 nitrogen and oxygen atoms in total. The van der Waals surface area contributed by atoms with Crippen molar-refractivity contribution in [1.29, 1.82) is 5.26 Å². The highest BCUT2D eigenvalue weighted by atomic mass is 16.1. The number of carbonyl (C=O) groups is 1. The number of nitriles is 1. The van der Waals surface area contributed by atoms with Gasteiger partial charge in [0, 0.05) is 12.4 Å². The summed E-state index contributed by atoms with van der Waals surface area (Å²) in [5, 5.41) is 8.84. The van der Waals surface area contributed by atoms with Gasteiger partial charge < -0.3 is 11.5 Å². The van der Waals surface area contributed by atoms with Crippen LogP contribution in [0.15, 0.2) is 24.5 Å². The Labute approximate surface area is 96.3 Å². The fraction of sp³-hybridized carbons (Fsp3) is 0. The highest BCUT2D eigenvalue weighted by Gasteiger charge is 2.11. The Balaban J connectivity index is 2.63. The number of amides is 1. The van der Waals surface area contributed by atoms with E-state index in [-0.39, 0.29) is 17.3 Å².